The van der Waals surface area contributed by atoms with Crippen LogP contribution >= 0.6 is 0 Å². The van der Waals surface area contributed by atoms with Crippen molar-refractivity contribution in [1.82, 2.24) is 15.0 Å². The minimum absolute atomic E-state index is 0.380. The third kappa shape index (κ3) is 1.43. The molecule has 4 heterocycles. The normalized spacial score (nSPS) is 40.7. The number of aliphatic hydroxyl groups is 1. The topological polar surface area (TPSA) is 78.6 Å². The largest absolute Gasteiger partial charge is 0.378 e. The fourth-order valence-corrected chi connectivity index (χ4v) is 3.52. The van der Waals surface area contributed by atoms with Crippen molar-refractivity contribution in [2.45, 2.75) is 70.0 Å². The molecule has 0 aliphatic carbocycles. The Bertz CT molecular complexity index is 558. The lowest BCUT2D eigenvalue weighted by Crippen LogP contribution is -2.44. The second-order valence-corrected chi connectivity index (χ2v) is 6.19. The Labute approximate surface area is 116 Å². The van der Waals surface area contributed by atoms with E-state index in [2.05, 4.69) is 17.2 Å². The van der Waals surface area contributed by atoms with Gasteiger partial charge in [0, 0.05) is 0 Å². The van der Waals surface area contributed by atoms with Crippen molar-refractivity contribution in [3.8, 4) is 0 Å². The Balaban J connectivity index is 1.78. The van der Waals surface area contributed by atoms with Crippen LogP contribution in [0.3, 0.4) is 0 Å². The first kappa shape index (κ1) is 12.7. The molecule has 0 amide bonds. The number of aromatic nitrogens is 3. The minimum atomic E-state index is -1.22. The van der Waals surface area contributed by atoms with Crippen LogP contribution in [0.25, 0.3) is 0 Å². The van der Waals surface area contributed by atoms with Gasteiger partial charge in [0.1, 0.15) is 12.2 Å². The minimum Gasteiger partial charge on any atom is -0.378 e. The molecule has 0 bridgehead atoms. The molecule has 0 radical (unpaired) electrons. The third-order valence-electron chi connectivity index (χ3n) is 4.29. The van der Waals surface area contributed by atoms with Crippen molar-refractivity contribution in [3.63, 3.8) is 0 Å². The molecule has 1 aromatic rings. The molecule has 3 aliphatic rings. The summed E-state index contributed by atoms with van der Waals surface area (Å²) in [5, 5.41) is 19.6. The first-order valence-electron chi connectivity index (χ1n) is 7.12. The summed E-state index contributed by atoms with van der Waals surface area (Å²) >= 11 is 0. The van der Waals surface area contributed by atoms with Gasteiger partial charge in [0.15, 0.2) is 17.7 Å². The SMILES string of the molecule is CCCc1nnn2c1C1(O)C(C2)OC2OC(C)(C)OC21. The van der Waals surface area contributed by atoms with E-state index in [-0.39, 0.29) is 6.10 Å². The average Bonchev–Trinajstić information content (AvgIpc) is 3.01. The Hall–Kier alpha value is -1.02. The van der Waals surface area contributed by atoms with Crippen molar-refractivity contribution >= 4 is 0 Å². The lowest BCUT2D eigenvalue weighted by Gasteiger charge is -2.28. The van der Waals surface area contributed by atoms with Crippen LogP contribution in [0.2, 0.25) is 0 Å². The molecule has 0 aromatic carbocycles. The van der Waals surface area contributed by atoms with Gasteiger partial charge in [-0.3, -0.25) is 0 Å². The van der Waals surface area contributed by atoms with E-state index in [1.165, 1.54) is 0 Å². The quantitative estimate of drug-likeness (QED) is 0.840. The third-order valence-corrected chi connectivity index (χ3v) is 4.29. The monoisotopic (exact) mass is 281 g/mol. The van der Waals surface area contributed by atoms with Crippen LogP contribution < -0.4 is 0 Å². The van der Waals surface area contributed by atoms with Crippen molar-refractivity contribution < 1.29 is 19.3 Å². The molecule has 2 fully saturated rings. The summed E-state index contributed by atoms with van der Waals surface area (Å²) in [4.78, 5) is 0. The number of aryl methyl sites for hydroxylation is 1. The van der Waals surface area contributed by atoms with Gasteiger partial charge in [-0.05, 0) is 20.3 Å². The van der Waals surface area contributed by atoms with Crippen molar-refractivity contribution in [2.75, 3.05) is 0 Å². The van der Waals surface area contributed by atoms with Gasteiger partial charge in [0.2, 0.25) is 0 Å². The van der Waals surface area contributed by atoms with Crippen LogP contribution in [0.5, 0.6) is 0 Å². The highest BCUT2D eigenvalue weighted by Gasteiger charge is 2.68. The fraction of sp³-hybridized carbons (Fsp3) is 0.846. The zero-order valence-electron chi connectivity index (χ0n) is 11.9. The number of hydrogen-bond donors (Lipinski definition) is 1. The van der Waals surface area contributed by atoms with E-state index in [0.717, 1.165) is 24.2 Å². The molecule has 110 valence electrons. The van der Waals surface area contributed by atoms with Gasteiger partial charge in [-0.25, -0.2) is 4.68 Å². The number of hydrogen-bond acceptors (Lipinski definition) is 6. The molecule has 4 atom stereocenters. The summed E-state index contributed by atoms with van der Waals surface area (Å²) in [7, 11) is 0. The van der Waals surface area contributed by atoms with Gasteiger partial charge in [-0.1, -0.05) is 18.6 Å². The maximum absolute atomic E-state index is 11.3. The van der Waals surface area contributed by atoms with Crippen LogP contribution in [0, 0.1) is 0 Å². The molecule has 1 aromatic heterocycles. The molecule has 7 heteroatoms. The lowest BCUT2D eigenvalue weighted by atomic mass is 9.89. The van der Waals surface area contributed by atoms with Crippen molar-refractivity contribution in [1.29, 1.82) is 0 Å². The maximum atomic E-state index is 11.3. The van der Waals surface area contributed by atoms with Gasteiger partial charge in [-0.15, -0.1) is 5.10 Å². The number of fused-ring (bicyclic) bond motifs is 5. The zero-order valence-corrected chi connectivity index (χ0v) is 11.9. The number of rotatable bonds is 2. The van der Waals surface area contributed by atoms with Crippen molar-refractivity contribution in [2.24, 2.45) is 0 Å². The molecule has 7 nitrogen and oxygen atoms in total. The summed E-state index contributed by atoms with van der Waals surface area (Å²) in [5.41, 5.74) is 0.347. The van der Waals surface area contributed by atoms with Gasteiger partial charge in [0.25, 0.3) is 0 Å². The van der Waals surface area contributed by atoms with Crippen molar-refractivity contribution in [3.05, 3.63) is 11.4 Å². The second kappa shape index (κ2) is 3.79. The highest BCUT2D eigenvalue weighted by molar-refractivity contribution is 5.30. The highest BCUT2D eigenvalue weighted by Crippen LogP contribution is 2.51. The molecule has 1 N–H and O–H groups in total. The van der Waals surface area contributed by atoms with Crippen LogP contribution in [0.1, 0.15) is 38.6 Å². The van der Waals surface area contributed by atoms with E-state index in [4.69, 9.17) is 14.2 Å². The molecule has 2 saturated heterocycles. The Morgan fingerprint density at radius 3 is 2.95 bits per heavy atom. The molecule has 3 aliphatic heterocycles. The van der Waals surface area contributed by atoms with Crippen LogP contribution in [-0.4, -0.2) is 44.4 Å². The first-order valence-corrected chi connectivity index (χ1v) is 7.12. The molecular formula is C13H19N3O4. The summed E-state index contributed by atoms with van der Waals surface area (Å²) in [5.74, 6) is -0.748. The van der Waals surface area contributed by atoms with E-state index < -0.39 is 23.8 Å². The number of nitrogens with zero attached hydrogens (tertiary/aromatic N) is 3. The lowest BCUT2D eigenvalue weighted by molar-refractivity contribution is -0.228. The molecule has 0 spiro atoms. The molecule has 4 unspecified atom stereocenters. The van der Waals surface area contributed by atoms with Gasteiger partial charge in [-0.2, -0.15) is 0 Å². The predicted molar refractivity (Wildman–Crippen MR) is 66.6 cm³/mol. The van der Waals surface area contributed by atoms with Crippen LogP contribution in [0.4, 0.5) is 0 Å². The van der Waals surface area contributed by atoms with Crippen LogP contribution in [0.15, 0.2) is 0 Å². The van der Waals surface area contributed by atoms with Gasteiger partial charge < -0.3 is 19.3 Å². The van der Waals surface area contributed by atoms with E-state index >= 15 is 0 Å². The fourth-order valence-electron chi connectivity index (χ4n) is 3.52. The summed E-state index contributed by atoms with van der Waals surface area (Å²) in [6.07, 6.45) is 0.293. The zero-order chi connectivity index (χ0) is 14.1. The Morgan fingerprint density at radius 2 is 2.20 bits per heavy atom. The summed E-state index contributed by atoms with van der Waals surface area (Å²) in [6, 6.07) is 0. The first-order chi connectivity index (χ1) is 9.45. The number of ether oxygens (including phenoxy) is 3. The van der Waals surface area contributed by atoms with E-state index in [0.29, 0.717) is 6.54 Å². The smallest absolute Gasteiger partial charge is 0.191 e. The summed E-state index contributed by atoms with van der Waals surface area (Å²) in [6.45, 7) is 6.21. The van der Waals surface area contributed by atoms with E-state index in [1.54, 1.807) is 4.68 Å². The second-order valence-electron chi connectivity index (χ2n) is 6.19. The molecular weight excluding hydrogens is 262 g/mol. The van der Waals surface area contributed by atoms with E-state index in [9.17, 15) is 5.11 Å². The standard InChI is InChI=1S/C13H19N3O4/c1-4-5-7-9-13(17)8(6-16(9)15-14-7)18-11-10(13)19-12(2,3)20-11/h8,10-11,17H,4-6H2,1-3H3. The predicted octanol–water partition coefficient (Wildman–Crippen LogP) is 0.308. The molecule has 0 saturated carbocycles. The van der Waals surface area contributed by atoms with Gasteiger partial charge in [0.05, 0.1) is 17.9 Å². The van der Waals surface area contributed by atoms with Gasteiger partial charge >= 0.3 is 0 Å². The van der Waals surface area contributed by atoms with E-state index in [1.807, 2.05) is 13.8 Å². The highest BCUT2D eigenvalue weighted by atomic mass is 16.8. The molecule has 20 heavy (non-hydrogen) atoms. The maximum Gasteiger partial charge on any atom is 0.191 e. The Morgan fingerprint density at radius 1 is 1.40 bits per heavy atom. The average molecular weight is 281 g/mol. The molecule has 4 rings (SSSR count). The Kier molecular flexibility index (Phi) is 2.41. The summed E-state index contributed by atoms with van der Waals surface area (Å²) < 4.78 is 19.2. The van der Waals surface area contributed by atoms with Crippen LogP contribution in [-0.2, 0) is 32.8 Å².